The van der Waals surface area contributed by atoms with Gasteiger partial charge in [-0.3, -0.25) is 0 Å². The highest BCUT2D eigenvalue weighted by Gasteiger charge is 2.38. The minimum atomic E-state index is -0.0896. The SMILES string of the molecule is C=C1/C=C\C=C(\N(c2ccc(-c3cccc4c3Cc3ccccc3-4)cc2)c2ccc(-c3cccc4c3Cc3ccccc3-4)cc2)Cc2c1ccc1c2-c2ccccc2C1(C)C.CC. The van der Waals surface area contributed by atoms with Crippen LogP contribution in [0.2, 0.25) is 0 Å². The van der Waals surface area contributed by atoms with Crippen molar-refractivity contribution in [1.29, 1.82) is 0 Å². The molecular weight excluding hydrogens is 759 g/mol. The second-order valence-electron chi connectivity index (χ2n) is 17.7. The molecule has 0 bridgehead atoms. The molecule has 0 saturated heterocycles. The van der Waals surface area contributed by atoms with Gasteiger partial charge in [-0.05, 0) is 149 Å². The van der Waals surface area contributed by atoms with E-state index in [1.54, 1.807) is 0 Å². The summed E-state index contributed by atoms with van der Waals surface area (Å²) in [6.45, 7) is 13.3. The van der Waals surface area contributed by atoms with Crippen LogP contribution < -0.4 is 4.90 Å². The van der Waals surface area contributed by atoms with Crippen LogP contribution in [0.5, 0.6) is 0 Å². The zero-order valence-corrected chi connectivity index (χ0v) is 36.7. The molecule has 0 radical (unpaired) electrons. The molecule has 4 aliphatic carbocycles. The van der Waals surface area contributed by atoms with Gasteiger partial charge in [-0.2, -0.15) is 0 Å². The summed E-state index contributed by atoms with van der Waals surface area (Å²) in [4.78, 5) is 2.48. The normalized spacial score (nSPS) is 15.7. The number of nitrogens with zero attached hydrogens (tertiary/aromatic N) is 1. The van der Waals surface area contributed by atoms with Crippen LogP contribution in [0, 0.1) is 0 Å². The van der Waals surface area contributed by atoms with Crippen LogP contribution in [0.25, 0.3) is 61.2 Å². The van der Waals surface area contributed by atoms with Crippen LogP contribution >= 0.6 is 0 Å². The lowest BCUT2D eigenvalue weighted by molar-refractivity contribution is 0.660. The van der Waals surface area contributed by atoms with Gasteiger partial charge in [0.25, 0.3) is 0 Å². The molecule has 304 valence electrons. The number of benzene rings is 8. The molecule has 0 N–H and O–H groups in total. The van der Waals surface area contributed by atoms with Crippen molar-refractivity contribution in [3.8, 4) is 55.6 Å². The Hall–Kier alpha value is -7.22. The molecule has 8 aromatic rings. The van der Waals surface area contributed by atoms with Crippen LogP contribution in [0.3, 0.4) is 0 Å². The van der Waals surface area contributed by atoms with Gasteiger partial charge in [0.2, 0.25) is 0 Å². The van der Waals surface area contributed by atoms with E-state index in [9.17, 15) is 0 Å². The predicted molar refractivity (Wildman–Crippen MR) is 268 cm³/mol. The first kappa shape index (κ1) is 38.7. The molecule has 12 rings (SSSR count). The molecule has 0 fully saturated rings. The summed E-state index contributed by atoms with van der Waals surface area (Å²) >= 11 is 0. The summed E-state index contributed by atoms with van der Waals surface area (Å²) in [5, 5.41) is 0. The van der Waals surface area contributed by atoms with E-state index in [1.165, 1.54) is 106 Å². The van der Waals surface area contributed by atoms with Gasteiger partial charge in [0.1, 0.15) is 0 Å². The highest BCUT2D eigenvalue weighted by Crippen LogP contribution is 2.52. The number of rotatable bonds is 5. The van der Waals surface area contributed by atoms with E-state index in [0.29, 0.717) is 0 Å². The molecule has 0 spiro atoms. The van der Waals surface area contributed by atoms with Crippen LogP contribution in [-0.2, 0) is 24.7 Å². The zero-order valence-electron chi connectivity index (χ0n) is 36.7. The number of anilines is 2. The molecule has 8 aromatic carbocycles. The zero-order chi connectivity index (χ0) is 42.8. The molecule has 0 unspecified atom stereocenters. The van der Waals surface area contributed by atoms with Crippen molar-refractivity contribution in [2.24, 2.45) is 0 Å². The van der Waals surface area contributed by atoms with Gasteiger partial charge in [-0.25, -0.2) is 0 Å². The minimum Gasteiger partial charge on any atom is -0.314 e. The van der Waals surface area contributed by atoms with Crippen LogP contribution in [0.15, 0.2) is 200 Å². The van der Waals surface area contributed by atoms with E-state index in [-0.39, 0.29) is 5.41 Å². The maximum atomic E-state index is 4.58. The van der Waals surface area contributed by atoms with Gasteiger partial charge in [0.05, 0.1) is 0 Å². The Labute approximate surface area is 373 Å². The van der Waals surface area contributed by atoms with Gasteiger partial charge in [-0.15, -0.1) is 0 Å². The van der Waals surface area contributed by atoms with E-state index in [0.717, 1.165) is 36.2 Å². The molecule has 0 amide bonds. The topological polar surface area (TPSA) is 3.24 Å². The van der Waals surface area contributed by atoms with Crippen LogP contribution in [0.4, 0.5) is 11.4 Å². The van der Waals surface area contributed by atoms with Crippen molar-refractivity contribution in [2.45, 2.75) is 52.4 Å². The largest absolute Gasteiger partial charge is 0.314 e. The molecule has 1 nitrogen and oxygen atoms in total. The predicted octanol–water partition coefficient (Wildman–Crippen LogP) is 16.3. The highest BCUT2D eigenvalue weighted by molar-refractivity contribution is 5.91. The summed E-state index contributed by atoms with van der Waals surface area (Å²) in [5.41, 5.74) is 28.7. The van der Waals surface area contributed by atoms with E-state index < -0.39 is 0 Å². The van der Waals surface area contributed by atoms with Crippen LogP contribution in [-0.4, -0.2) is 0 Å². The van der Waals surface area contributed by atoms with Crippen LogP contribution in [0.1, 0.15) is 72.2 Å². The quantitative estimate of drug-likeness (QED) is 0.167. The van der Waals surface area contributed by atoms with Gasteiger partial charge >= 0.3 is 0 Å². The van der Waals surface area contributed by atoms with Gasteiger partial charge in [0, 0.05) is 28.9 Å². The molecule has 0 saturated carbocycles. The maximum Gasteiger partial charge on any atom is 0.0458 e. The Morgan fingerprint density at radius 3 is 1.49 bits per heavy atom. The highest BCUT2D eigenvalue weighted by atomic mass is 15.1. The van der Waals surface area contributed by atoms with Crippen molar-refractivity contribution >= 4 is 16.9 Å². The first-order valence-corrected chi connectivity index (χ1v) is 22.7. The molecule has 0 atom stereocenters. The van der Waals surface area contributed by atoms with Crippen molar-refractivity contribution < 1.29 is 0 Å². The number of fused-ring (bicyclic) bond motifs is 11. The Bertz CT molecular complexity index is 3050. The Balaban J connectivity index is 0.00000219. The van der Waals surface area contributed by atoms with E-state index in [1.807, 2.05) is 13.8 Å². The summed E-state index contributed by atoms with van der Waals surface area (Å²) in [5.74, 6) is 0. The third kappa shape index (κ3) is 6.21. The lowest BCUT2D eigenvalue weighted by Gasteiger charge is -2.31. The third-order valence-electron chi connectivity index (χ3n) is 14.0. The monoisotopic (exact) mass is 809 g/mol. The van der Waals surface area contributed by atoms with E-state index >= 15 is 0 Å². The Kier molecular flexibility index (Phi) is 9.39. The first-order valence-electron chi connectivity index (χ1n) is 22.7. The second-order valence-corrected chi connectivity index (χ2v) is 17.7. The fraction of sp³-hybridized carbons (Fsp3) is 0.129. The number of hydrogen-bond donors (Lipinski definition) is 0. The smallest absolute Gasteiger partial charge is 0.0458 e. The molecule has 0 aliphatic heterocycles. The van der Waals surface area contributed by atoms with E-state index in [2.05, 4.69) is 213 Å². The molecule has 1 heteroatoms. The average Bonchev–Trinajstić information content (AvgIpc) is 3.97. The van der Waals surface area contributed by atoms with Crippen molar-refractivity contribution in [3.05, 3.63) is 245 Å². The van der Waals surface area contributed by atoms with Crippen molar-refractivity contribution in [3.63, 3.8) is 0 Å². The average molecular weight is 810 g/mol. The summed E-state index contributed by atoms with van der Waals surface area (Å²) in [6, 6.07) is 63.6. The lowest BCUT2D eigenvalue weighted by Crippen LogP contribution is -2.20. The number of allylic oxidation sites excluding steroid dienone is 5. The fourth-order valence-electron chi connectivity index (χ4n) is 11.0. The molecule has 63 heavy (non-hydrogen) atoms. The third-order valence-corrected chi connectivity index (χ3v) is 14.0. The van der Waals surface area contributed by atoms with Gasteiger partial charge in [0.15, 0.2) is 0 Å². The summed E-state index contributed by atoms with van der Waals surface area (Å²) in [6.07, 6.45) is 9.37. The maximum absolute atomic E-state index is 4.58. The van der Waals surface area contributed by atoms with Crippen molar-refractivity contribution in [2.75, 3.05) is 4.90 Å². The lowest BCUT2D eigenvalue weighted by atomic mass is 9.80. The Morgan fingerprint density at radius 2 is 0.921 bits per heavy atom. The molecule has 0 aromatic heterocycles. The molecular formula is C62H51N. The minimum absolute atomic E-state index is 0.0896. The Morgan fingerprint density at radius 1 is 0.429 bits per heavy atom. The van der Waals surface area contributed by atoms with Crippen molar-refractivity contribution in [1.82, 2.24) is 0 Å². The fourth-order valence-corrected chi connectivity index (χ4v) is 11.0. The first-order chi connectivity index (χ1) is 30.9. The standard InChI is InChI=1S/C60H45N.C2H6/c1-38-13-10-16-45(37-56-46(38)33-34-58-59(56)53-19-8-9-24-57(53)60(58,2)3)61(43-29-25-39(26-30-43)47-20-11-22-51-49-17-6-4-14-41(49)35-54(47)51)44-31-27-40(28-32-44)48-21-12-23-52-50-18-7-5-15-42(50)36-55(48)52;1-2/h4-34H,1,35-37H2,2-3H3;1-2H3/b13-10-,45-16+;. The molecule has 4 aliphatic rings. The van der Waals surface area contributed by atoms with Gasteiger partial charge in [-0.1, -0.05) is 192 Å². The summed E-state index contributed by atoms with van der Waals surface area (Å²) in [7, 11) is 0. The van der Waals surface area contributed by atoms with Gasteiger partial charge < -0.3 is 4.90 Å². The second kappa shape index (κ2) is 15.3. The molecule has 0 heterocycles. The van der Waals surface area contributed by atoms with E-state index in [4.69, 9.17) is 0 Å². The number of hydrogen-bond acceptors (Lipinski definition) is 1. The summed E-state index contributed by atoms with van der Waals surface area (Å²) < 4.78 is 0.